The molecule has 0 spiro atoms. The average Bonchev–Trinajstić information content (AvgIpc) is 2.05. The van der Waals surface area contributed by atoms with E-state index >= 15 is 0 Å². The van der Waals surface area contributed by atoms with Gasteiger partial charge in [0.05, 0.1) is 18.8 Å². The lowest BCUT2D eigenvalue weighted by Crippen LogP contribution is -2.30. The predicted molar refractivity (Wildman–Crippen MR) is 60.6 cm³/mol. The van der Waals surface area contributed by atoms with Crippen LogP contribution in [0.1, 0.15) is 20.8 Å². The summed E-state index contributed by atoms with van der Waals surface area (Å²) < 4.78 is 34.8. The molecule has 9 nitrogen and oxygen atoms in total. The number of rotatable bonds is 7. The van der Waals surface area contributed by atoms with Gasteiger partial charge in [0, 0.05) is 0 Å². The third-order valence-corrected chi connectivity index (χ3v) is 2.48. The first kappa shape index (κ1) is 18.2. The molecule has 11 heteroatoms. The molecule has 0 aliphatic rings. The zero-order valence-corrected chi connectivity index (χ0v) is 12.0. The molecular formula is C7H18O9P2. The lowest BCUT2D eigenvalue weighted by molar-refractivity contribution is -0.0590. The molecule has 0 heterocycles. The Balaban J connectivity index is 4.44. The maximum absolute atomic E-state index is 10.7. The fourth-order valence-electron chi connectivity index (χ4n) is 0.826. The molecule has 0 rings (SSSR count). The molecular weight excluding hydrogens is 290 g/mol. The van der Waals surface area contributed by atoms with E-state index in [1.807, 2.05) is 0 Å². The molecule has 1 unspecified atom stereocenters. The summed E-state index contributed by atoms with van der Waals surface area (Å²) in [6, 6.07) is 0. The van der Waals surface area contributed by atoms with Crippen molar-refractivity contribution in [3.63, 3.8) is 0 Å². The molecule has 0 radical (unpaired) electrons. The van der Waals surface area contributed by atoms with Crippen LogP contribution < -0.4 is 0 Å². The molecule has 0 aliphatic heterocycles. The Hall–Kier alpha value is 0.180. The van der Waals surface area contributed by atoms with Crippen molar-refractivity contribution >= 4 is 15.6 Å². The quantitative estimate of drug-likeness (QED) is 0.491. The SMILES string of the molecule is CC(C)(C)OCC(COP(=O)(O)O)OP(=O)(O)O. The van der Waals surface area contributed by atoms with Crippen molar-refractivity contribution in [3.8, 4) is 0 Å². The topological polar surface area (TPSA) is 143 Å². The standard InChI is InChI=1S/C7H18O9P2/c1-7(2,3)14-4-6(16-18(11,12)13)5-15-17(8,9)10/h6H,4-5H2,1-3H3,(H2,8,9,10)(H2,11,12,13). The minimum absolute atomic E-state index is 0.283. The molecule has 0 bridgehead atoms. The largest absolute Gasteiger partial charge is 0.470 e. The van der Waals surface area contributed by atoms with E-state index in [9.17, 15) is 9.13 Å². The Kier molecular flexibility index (Phi) is 6.63. The van der Waals surface area contributed by atoms with E-state index in [-0.39, 0.29) is 6.61 Å². The highest BCUT2D eigenvalue weighted by molar-refractivity contribution is 7.46. The molecule has 0 saturated heterocycles. The van der Waals surface area contributed by atoms with Gasteiger partial charge in [0.25, 0.3) is 0 Å². The summed E-state index contributed by atoms with van der Waals surface area (Å²) in [7, 11) is -9.54. The lowest BCUT2D eigenvalue weighted by atomic mass is 10.2. The van der Waals surface area contributed by atoms with Gasteiger partial charge in [-0.3, -0.25) is 9.05 Å². The Labute approximate surface area is 105 Å². The van der Waals surface area contributed by atoms with Gasteiger partial charge in [-0.25, -0.2) is 9.13 Å². The molecule has 0 aromatic carbocycles. The zero-order chi connectivity index (χ0) is 14.6. The van der Waals surface area contributed by atoms with Gasteiger partial charge < -0.3 is 24.3 Å². The highest BCUT2D eigenvalue weighted by Gasteiger charge is 2.27. The fourth-order valence-corrected chi connectivity index (χ4v) is 1.70. The highest BCUT2D eigenvalue weighted by atomic mass is 31.2. The van der Waals surface area contributed by atoms with Crippen molar-refractivity contribution in [2.24, 2.45) is 0 Å². The lowest BCUT2D eigenvalue weighted by Gasteiger charge is -2.24. The van der Waals surface area contributed by atoms with Gasteiger partial charge in [-0.1, -0.05) is 0 Å². The molecule has 4 N–H and O–H groups in total. The smallest absolute Gasteiger partial charge is 0.373 e. The van der Waals surface area contributed by atoms with Crippen molar-refractivity contribution in [2.45, 2.75) is 32.5 Å². The minimum atomic E-state index is -4.80. The van der Waals surface area contributed by atoms with Crippen LogP contribution in [0.5, 0.6) is 0 Å². The maximum Gasteiger partial charge on any atom is 0.470 e. The van der Waals surface area contributed by atoms with E-state index in [1.165, 1.54) is 0 Å². The third-order valence-electron chi connectivity index (χ3n) is 1.42. The maximum atomic E-state index is 10.7. The minimum Gasteiger partial charge on any atom is -0.373 e. The normalized spacial score (nSPS) is 15.7. The predicted octanol–water partition coefficient (Wildman–Crippen LogP) is 0.389. The van der Waals surface area contributed by atoms with Crippen molar-refractivity contribution < 1.29 is 42.5 Å². The first-order chi connectivity index (χ1) is 7.79. The average molecular weight is 308 g/mol. The number of hydrogen-bond acceptors (Lipinski definition) is 5. The monoisotopic (exact) mass is 308 g/mol. The van der Waals surface area contributed by atoms with Crippen molar-refractivity contribution in [3.05, 3.63) is 0 Å². The Bertz CT molecular complexity index is 337. The first-order valence-corrected chi connectivity index (χ1v) is 7.92. The van der Waals surface area contributed by atoms with Gasteiger partial charge in [0.15, 0.2) is 0 Å². The van der Waals surface area contributed by atoms with E-state index in [2.05, 4.69) is 9.05 Å². The molecule has 110 valence electrons. The summed E-state index contributed by atoms with van der Waals surface area (Å²) in [5.41, 5.74) is -0.599. The molecule has 18 heavy (non-hydrogen) atoms. The Morgan fingerprint density at radius 2 is 1.50 bits per heavy atom. The zero-order valence-electron chi connectivity index (χ0n) is 10.2. The van der Waals surface area contributed by atoms with E-state index in [4.69, 9.17) is 24.3 Å². The van der Waals surface area contributed by atoms with Gasteiger partial charge in [0.1, 0.15) is 6.10 Å². The molecule has 0 aliphatic carbocycles. The molecule has 0 saturated carbocycles. The van der Waals surface area contributed by atoms with Gasteiger partial charge in [-0.2, -0.15) is 0 Å². The van der Waals surface area contributed by atoms with E-state index in [1.54, 1.807) is 20.8 Å². The fraction of sp³-hybridized carbons (Fsp3) is 1.00. The Morgan fingerprint density at radius 1 is 1.00 bits per heavy atom. The van der Waals surface area contributed by atoms with Crippen LogP contribution in [-0.4, -0.2) is 44.5 Å². The van der Waals surface area contributed by atoms with Crippen molar-refractivity contribution in [1.29, 1.82) is 0 Å². The van der Waals surface area contributed by atoms with Crippen LogP contribution in [0.3, 0.4) is 0 Å². The second kappa shape index (κ2) is 6.56. The molecule has 0 aromatic rings. The third kappa shape index (κ3) is 12.6. The van der Waals surface area contributed by atoms with Crippen molar-refractivity contribution in [2.75, 3.05) is 13.2 Å². The van der Waals surface area contributed by atoms with Crippen LogP contribution in [0.25, 0.3) is 0 Å². The van der Waals surface area contributed by atoms with Crippen LogP contribution in [0.4, 0.5) is 0 Å². The summed E-state index contributed by atoms with van der Waals surface area (Å²) >= 11 is 0. The summed E-state index contributed by atoms with van der Waals surface area (Å²) in [6.07, 6.45) is -1.29. The number of phosphoric acid groups is 2. The second-order valence-electron chi connectivity index (χ2n) is 4.43. The highest BCUT2D eigenvalue weighted by Crippen LogP contribution is 2.40. The number of hydrogen-bond donors (Lipinski definition) is 4. The number of phosphoric ester groups is 2. The van der Waals surface area contributed by atoms with Gasteiger partial charge in [-0.05, 0) is 20.8 Å². The van der Waals surface area contributed by atoms with Gasteiger partial charge in [-0.15, -0.1) is 0 Å². The van der Waals surface area contributed by atoms with Crippen LogP contribution in [0, 0.1) is 0 Å². The van der Waals surface area contributed by atoms with E-state index in [0.717, 1.165) is 0 Å². The number of ether oxygens (including phenoxy) is 1. The summed E-state index contributed by atoms with van der Waals surface area (Å²) in [4.78, 5) is 34.2. The van der Waals surface area contributed by atoms with Gasteiger partial charge >= 0.3 is 15.6 Å². The Morgan fingerprint density at radius 3 is 1.83 bits per heavy atom. The summed E-state index contributed by atoms with van der Waals surface area (Å²) in [6.45, 7) is 4.11. The van der Waals surface area contributed by atoms with E-state index < -0.39 is 34.0 Å². The van der Waals surface area contributed by atoms with E-state index in [0.29, 0.717) is 0 Å². The van der Waals surface area contributed by atoms with Gasteiger partial charge in [0.2, 0.25) is 0 Å². The molecule has 1 atom stereocenters. The molecule has 0 aromatic heterocycles. The van der Waals surface area contributed by atoms with Crippen LogP contribution >= 0.6 is 15.6 Å². The van der Waals surface area contributed by atoms with Crippen LogP contribution in [0.2, 0.25) is 0 Å². The molecule has 0 amide bonds. The van der Waals surface area contributed by atoms with Crippen LogP contribution in [-0.2, 0) is 22.9 Å². The second-order valence-corrected chi connectivity index (χ2v) is 6.86. The molecule has 0 fully saturated rings. The summed E-state index contributed by atoms with van der Waals surface area (Å²) in [5.74, 6) is 0. The van der Waals surface area contributed by atoms with Crippen molar-refractivity contribution in [1.82, 2.24) is 0 Å². The van der Waals surface area contributed by atoms with Crippen LogP contribution in [0.15, 0.2) is 0 Å². The summed E-state index contributed by atoms with van der Waals surface area (Å²) in [5, 5.41) is 0. The first-order valence-electron chi connectivity index (χ1n) is 4.86.